The number of carbonyl (C=O) groups is 1. The Kier molecular flexibility index (Phi) is 7.61. The Morgan fingerprint density at radius 2 is 1.91 bits per heavy atom. The number of anilines is 1. The molecule has 1 amide bonds. The molecule has 3 aromatic carbocycles. The Morgan fingerprint density at radius 3 is 2.55 bits per heavy atom. The molecule has 0 atom stereocenters. The Bertz CT molecular complexity index is 1370. The average molecular weight is 551 g/mol. The number of halogens is 2. The summed E-state index contributed by atoms with van der Waals surface area (Å²) in [6, 6.07) is 15.7. The number of ether oxygens (including phenoxy) is 2. The van der Waals surface area contributed by atoms with Crippen molar-refractivity contribution in [3.63, 3.8) is 0 Å². The Hall–Kier alpha value is -3.10. The summed E-state index contributed by atoms with van der Waals surface area (Å²) in [5.74, 6) is 0.811. The van der Waals surface area contributed by atoms with Crippen LogP contribution in [0.2, 0.25) is 5.02 Å². The molecular formula is C22H17BrClN3O5S. The van der Waals surface area contributed by atoms with Gasteiger partial charge in [-0.25, -0.2) is 13.6 Å². The van der Waals surface area contributed by atoms with E-state index in [1.807, 2.05) is 6.07 Å². The van der Waals surface area contributed by atoms with Gasteiger partial charge in [0, 0.05) is 9.50 Å². The molecule has 0 fully saturated rings. The molecule has 33 heavy (non-hydrogen) atoms. The predicted molar refractivity (Wildman–Crippen MR) is 127 cm³/mol. The molecule has 0 spiro atoms. The van der Waals surface area contributed by atoms with Crippen LogP contribution >= 0.6 is 27.5 Å². The van der Waals surface area contributed by atoms with Crippen LogP contribution in [0.5, 0.6) is 17.2 Å². The molecule has 0 aromatic heterocycles. The van der Waals surface area contributed by atoms with Crippen molar-refractivity contribution in [3.05, 3.63) is 75.2 Å². The number of amides is 1. The SMILES string of the molecule is COc1cc(CC(=O)Nc2ccc(S(N)(=O)=O)cc2Br)ccc1Oc1cc(Cl)cc(C#N)c1. The number of nitrogens with zero attached hydrogens (tertiary/aromatic N) is 1. The second-order valence-corrected chi connectivity index (χ2v) is 9.64. The number of nitriles is 1. The van der Waals surface area contributed by atoms with E-state index in [4.69, 9.17) is 31.5 Å². The zero-order chi connectivity index (χ0) is 24.2. The average Bonchev–Trinajstić information content (AvgIpc) is 2.75. The van der Waals surface area contributed by atoms with Crippen molar-refractivity contribution < 1.29 is 22.7 Å². The van der Waals surface area contributed by atoms with Gasteiger partial charge in [-0.3, -0.25) is 4.79 Å². The minimum Gasteiger partial charge on any atom is -0.493 e. The molecule has 0 unspecified atom stereocenters. The monoisotopic (exact) mass is 549 g/mol. The lowest BCUT2D eigenvalue weighted by Gasteiger charge is -2.13. The van der Waals surface area contributed by atoms with Crippen LogP contribution in [-0.4, -0.2) is 21.4 Å². The first-order chi connectivity index (χ1) is 15.6. The lowest BCUT2D eigenvalue weighted by molar-refractivity contribution is -0.115. The van der Waals surface area contributed by atoms with Gasteiger partial charge in [0.2, 0.25) is 15.9 Å². The van der Waals surface area contributed by atoms with E-state index in [-0.39, 0.29) is 17.2 Å². The van der Waals surface area contributed by atoms with Crippen molar-refractivity contribution in [2.45, 2.75) is 11.3 Å². The lowest BCUT2D eigenvalue weighted by Crippen LogP contribution is -2.16. The molecule has 3 aromatic rings. The minimum atomic E-state index is -3.85. The summed E-state index contributed by atoms with van der Waals surface area (Å²) in [5, 5.41) is 17.3. The summed E-state index contributed by atoms with van der Waals surface area (Å²) in [4.78, 5) is 12.4. The second kappa shape index (κ2) is 10.2. The zero-order valence-corrected chi connectivity index (χ0v) is 20.3. The standard InChI is InChI=1S/C22H17BrClN3O5S/c1-31-21-8-13(2-5-20(21)32-16-7-14(12-25)6-15(24)10-16)9-22(28)27-19-4-3-17(11-18(19)23)33(26,29)30/h2-8,10-11H,9H2,1H3,(H,27,28)(H2,26,29,30). The van der Waals surface area contributed by atoms with E-state index in [9.17, 15) is 13.2 Å². The smallest absolute Gasteiger partial charge is 0.238 e. The van der Waals surface area contributed by atoms with Crippen molar-refractivity contribution in [1.29, 1.82) is 5.26 Å². The molecule has 0 radical (unpaired) electrons. The van der Waals surface area contributed by atoms with Crippen molar-refractivity contribution in [3.8, 4) is 23.3 Å². The van der Waals surface area contributed by atoms with Gasteiger partial charge in [0.05, 0.1) is 35.7 Å². The Balaban J connectivity index is 1.74. The molecule has 0 aliphatic rings. The van der Waals surface area contributed by atoms with Crippen LogP contribution in [0.4, 0.5) is 5.69 Å². The van der Waals surface area contributed by atoms with Crippen molar-refractivity contribution in [2.24, 2.45) is 5.14 Å². The van der Waals surface area contributed by atoms with Gasteiger partial charge >= 0.3 is 0 Å². The van der Waals surface area contributed by atoms with Crippen LogP contribution < -0.4 is 19.9 Å². The summed E-state index contributed by atoms with van der Waals surface area (Å²) in [6.45, 7) is 0. The van der Waals surface area contributed by atoms with Crippen LogP contribution in [0.1, 0.15) is 11.1 Å². The number of hydrogen-bond donors (Lipinski definition) is 2. The fraction of sp³-hybridized carbons (Fsp3) is 0.0909. The highest BCUT2D eigenvalue weighted by Crippen LogP contribution is 2.34. The highest BCUT2D eigenvalue weighted by atomic mass is 79.9. The molecule has 170 valence electrons. The number of benzene rings is 3. The first-order valence-electron chi connectivity index (χ1n) is 9.26. The second-order valence-electron chi connectivity index (χ2n) is 6.79. The highest BCUT2D eigenvalue weighted by Gasteiger charge is 2.14. The maximum Gasteiger partial charge on any atom is 0.238 e. The number of nitrogens with two attached hydrogens (primary N) is 1. The van der Waals surface area contributed by atoms with Crippen LogP contribution in [0.25, 0.3) is 0 Å². The van der Waals surface area contributed by atoms with Crippen LogP contribution in [-0.2, 0) is 21.2 Å². The Morgan fingerprint density at radius 1 is 1.15 bits per heavy atom. The number of hydrogen-bond acceptors (Lipinski definition) is 6. The maximum atomic E-state index is 12.5. The summed E-state index contributed by atoms with van der Waals surface area (Å²) >= 11 is 9.25. The van der Waals surface area contributed by atoms with E-state index >= 15 is 0 Å². The summed E-state index contributed by atoms with van der Waals surface area (Å²) < 4.78 is 34.4. The molecule has 0 saturated carbocycles. The molecule has 8 nitrogen and oxygen atoms in total. The van der Waals surface area contributed by atoms with E-state index < -0.39 is 10.0 Å². The van der Waals surface area contributed by atoms with E-state index in [1.54, 1.807) is 30.3 Å². The van der Waals surface area contributed by atoms with Gasteiger partial charge in [0.1, 0.15) is 5.75 Å². The molecule has 3 rings (SSSR count). The molecule has 11 heteroatoms. The number of rotatable bonds is 7. The molecule has 0 bridgehead atoms. The Labute approximate surface area is 204 Å². The number of nitrogens with one attached hydrogen (secondary N) is 1. The van der Waals surface area contributed by atoms with Crippen molar-refractivity contribution in [2.75, 3.05) is 12.4 Å². The molecular weight excluding hydrogens is 534 g/mol. The van der Waals surface area contributed by atoms with Gasteiger partial charge in [-0.05, 0) is 70.0 Å². The van der Waals surface area contributed by atoms with Gasteiger partial charge in [0.15, 0.2) is 11.5 Å². The number of primary sulfonamides is 1. The van der Waals surface area contributed by atoms with Crippen LogP contribution in [0, 0.1) is 11.3 Å². The summed E-state index contributed by atoms with van der Waals surface area (Å²) in [7, 11) is -2.38. The third-order valence-electron chi connectivity index (χ3n) is 4.36. The predicted octanol–water partition coefficient (Wildman–Crippen LogP) is 4.60. The van der Waals surface area contributed by atoms with Gasteiger partial charge in [-0.2, -0.15) is 5.26 Å². The first kappa shape index (κ1) is 24.5. The van der Waals surface area contributed by atoms with Crippen molar-refractivity contribution in [1.82, 2.24) is 0 Å². The van der Waals surface area contributed by atoms with Crippen LogP contribution in [0.3, 0.4) is 0 Å². The number of methoxy groups -OCH3 is 1. The molecule has 0 aliphatic carbocycles. The lowest BCUT2D eigenvalue weighted by atomic mass is 10.1. The fourth-order valence-corrected chi connectivity index (χ4v) is 4.27. The van der Waals surface area contributed by atoms with Crippen LogP contribution in [0.15, 0.2) is 64.0 Å². The van der Waals surface area contributed by atoms with Gasteiger partial charge in [-0.15, -0.1) is 0 Å². The number of sulfonamides is 1. The quantitative estimate of drug-likeness (QED) is 0.442. The van der Waals surface area contributed by atoms with E-state index in [0.717, 1.165) is 0 Å². The fourth-order valence-electron chi connectivity index (χ4n) is 2.87. The van der Waals surface area contributed by atoms with Gasteiger partial charge in [-0.1, -0.05) is 17.7 Å². The normalized spacial score (nSPS) is 10.9. The van der Waals surface area contributed by atoms with Gasteiger partial charge in [0.25, 0.3) is 0 Å². The third-order valence-corrected chi connectivity index (χ3v) is 6.15. The minimum absolute atomic E-state index is 0.0236. The first-order valence-corrected chi connectivity index (χ1v) is 12.0. The third kappa shape index (κ3) is 6.46. The molecule has 0 aliphatic heterocycles. The largest absolute Gasteiger partial charge is 0.493 e. The maximum absolute atomic E-state index is 12.5. The molecule has 0 saturated heterocycles. The molecule has 0 heterocycles. The van der Waals surface area contributed by atoms with Gasteiger partial charge < -0.3 is 14.8 Å². The topological polar surface area (TPSA) is 132 Å². The van der Waals surface area contributed by atoms with E-state index in [2.05, 4.69) is 21.2 Å². The summed E-state index contributed by atoms with van der Waals surface area (Å²) in [5.41, 5.74) is 1.40. The van der Waals surface area contributed by atoms with E-state index in [0.29, 0.717) is 43.6 Å². The number of carbonyl (C=O) groups excluding carboxylic acids is 1. The summed E-state index contributed by atoms with van der Waals surface area (Å²) in [6.07, 6.45) is 0.0236. The highest BCUT2D eigenvalue weighted by molar-refractivity contribution is 9.10. The van der Waals surface area contributed by atoms with Crippen molar-refractivity contribution >= 4 is 49.1 Å². The molecule has 3 N–H and O–H groups in total. The van der Waals surface area contributed by atoms with E-state index in [1.165, 1.54) is 31.4 Å². The zero-order valence-electron chi connectivity index (χ0n) is 17.1.